The van der Waals surface area contributed by atoms with Gasteiger partial charge in [0.25, 0.3) is 0 Å². The molecule has 5 nitrogen and oxygen atoms in total. The molecular formula is C17H14N4OS. The van der Waals surface area contributed by atoms with E-state index in [1.165, 1.54) is 17.4 Å². The lowest BCUT2D eigenvalue weighted by Gasteiger charge is -2.04. The third kappa shape index (κ3) is 2.87. The van der Waals surface area contributed by atoms with Crippen molar-refractivity contribution in [2.45, 2.75) is 0 Å². The van der Waals surface area contributed by atoms with Crippen LogP contribution in [0.15, 0.2) is 48.1 Å². The first-order chi connectivity index (χ1) is 11.1. The minimum absolute atomic E-state index is 0.123. The van der Waals surface area contributed by atoms with Gasteiger partial charge in [0.2, 0.25) is 5.78 Å². The molecule has 0 unspecified atom stereocenters. The van der Waals surface area contributed by atoms with Crippen LogP contribution in [0.4, 0.5) is 0 Å². The minimum Gasteiger partial charge on any atom is -0.383 e. The van der Waals surface area contributed by atoms with Gasteiger partial charge in [-0.2, -0.15) is 5.26 Å². The van der Waals surface area contributed by atoms with Gasteiger partial charge in [0.1, 0.15) is 11.4 Å². The summed E-state index contributed by atoms with van der Waals surface area (Å²) in [5.74, 6) is -0.123. The van der Waals surface area contributed by atoms with E-state index in [1.54, 1.807) is 33.7 Å². The second-order valence-corrected chi connectivity index (χ2v) is 6.07. The van der Waals surface area contributed by atoms with E-state index in [2.05, 4.69) is 11.1 Å². The standard InChI is InChI=1S/C17H14N4OS/c1-20(2)7-6-14(22)16-15(19-17-21(16)8-9-23-17)13-5-3-4-12(10-13)11-18/h3-10H,1-2H3. The molecule has 0 spiro atoms. The molecule has 0 aliphatic rings. The van der Waals surface area contributed by atoms with Gasteiger partial charge in [-0.25, -0.2) is 4.98 Å². The molecule has 0 saturated heterocycles. The Hall–Kier alpha value is -2.91. The number of rotatable bonds is 4. The van der Waals surface area contributed by atoms with Gasteiger partial charge in [-0.15, -0.1) is 11.3 Å². The zero-order chi connectivity index (χ0) is 16.4. The zero-order valence-electron chi connectivity index (χ0n) is 12.7. The summed E-state index contributed by atoms with van der Waals surface area (Å²) in [6.45, 7) is 0. The van der Waals surface area contributed by atoms with E-state index in [-0.39, 0.29) is 5.78 Å². The van der Waals surface area contributed by atoms with Crippen LogP contribution in [-0.4, -0.2) is 34.2 Å². The van der Waals surface area contributed by atoms with Crippen LogP contribution < -0.4 is 0 Å². The molecule has 2 heterocycles. The molecule has 0 atom stereocenters. The smallest absolute Gasteiger partial charge is 0.206 e. The number of fused-ring (bicyclic) bond motifs is 1. The van der Waals surface area contributed by atoms with Crippen LogP contribution in [-0.2, 0) is 0 Å². The van der Waals surface area contributed by atoms with Gasteiger partial charge in [-0.05, 0) is 12.1 Å². The highest BCUT2D eigenvalue weighted by molar-refractivity contribution is 7.15. The Kier molecular flexibility index (Phi) is 3.96. The summed E-state index contributed by atoms with van der Waals surface area (Å²) in [5, 5.41) is 11.0. The number of thiazole rings is 1. The van der Waals surface area contributed by atoms with Crippen LogP contribution >= 0.6 is 11.3 Å². The molecule has 6 heteroatoms. The lowest BCUT2D eigenvalue weighted by Crippen LogP contribution is -2.05. The second kappa shape index (κ2) is 6.07. The normalized spacial score (nSPS) is 11.0. The van der Waals surface area contributed by atoms with Crippen LogP contribution in [0.2, 0.25) is 0 Å². The van der Waals surface area contributed by atoms with Crippen molar-refractivity contribution in [1.29, 1.82) is 5.26 Å². The fraction of sp³-hybridized carbons (Fsp3) is 0.118. The zero-order valence-corrected chi connectivity index (χ0v) is 13.5. The molecule has 1 aromatic carbocycles. The quantitative estimate of drug-likeness (QED) is 0.547. The van der Waals surface area contributed by atoms with Gasteiger partial charge in [0, 0.05) is 43.5 Å². The number of nitriles is 1. The van der Waals surface area contributed by atoms with Gasteiger partial charge in [-0.1, -0.05) is 12.1 Å². The van der Waals surface area contributed by atoms with Crippen LogP contribution in [0.3, 0.4) is 0 Å². The number of nitrogens with zero attached hydrogens (tertiary/aromatic N) is 4. The third-order valence-electron chi connectivity index (χ3n) is 3.28. The number of imidazole rings is 1. The van der Waals surface area contributed by atoms with Crippen molar-refractivity contribution in [2.24, 2.45) is 0 Å². The Labute approximate surface area is 137 Å². The fourth-order valence-electron chi connectivity index (χ4n) is 2.25. The lowest BCUT2D eigenvalue weighted by molar-refractivity contribution is 0.104. The molecule has 0 bridgehead atoms. The van der Waals surface area contributed by atoms with Crippen LogP contribution in [0.5, 0.6) is 0 Å². The van der Waals surface area contributed by atoms with Gasteiger partial charge in [0.15, 0.2) is 4.96 Å². The number of hydrogen-bond donors (Lipinski definition) is 0. The molecule has 23 heavy (non-hydrogen) atoms. The SMILES string of the molecule is CN(C)C=CC(=O)c1c(-c2cccc(C#N)c2)nc2sccn12. The minimum atomic E-state index is -0.123. The van der Waals surface area contributed by atoms with Crippen molar-refractivity contribution in [3.05, 3.63) is 59.4 Å². The first-order valence-corrected chi connectivity index (χ1v) is 7.83. The Balaban J connectivity index is 2.17. The number of carbonyl (C=O) groups excluding carboxylic acids is 1. The Morgan fingerprint density at radius 3 is 3.00 bits per heavy atom. The number of benzene rings is 1. The highest BCUT2D eigenvalue weighted by Crippen LogP contribution is 2.27. The Morgan fingerprint density at radius 1 is 1.43 bits per heavy atom. The van der Waals surface area contributed by atoms with Crippen LogP contribution in [0.25, 0.3) is 16.2 Å². The van der Waals surface area contributed by atoms with Gasteiger partial charge in [-0.3, -0.25) is 9.20 Å². The number of aromatic nitrogens is 2. The van der Waals surface area contributed by atoms with E-state index in [9.17, 15) is 4.79 Å². The maximum Gasteiger partial charge on any atom is 0.206 e. The third-order valence-corrected chi connectivity index (χ3v) is 4.04. The number of hydrogen-bond acceptors (Lipinski definition) is 5. The van der Waals surface area contributed by atoms with Crippen molar-refractivity contribution in [1.82, 2.24) is 14.3 Å². The number of ketones is 1. The molecule has 2 aromatic heterocycles. The Morgan fingerprint density at radius 2 is 2.26 bits per heavy atom. The maximum atomic E-state index is 12.6. The largest absolute Gasteiger partial charge is 0.383 e. The topological polar surface area (TPSA) is 61.4 Å². The highest BCUT2D eigenvalue weighted by Gasteiger charge is 2.19. The first kappa shape index (κ1) is 15.0. The average molecular weight is 322 g/mol. The van der Waals surface area contributed by atoms with Crippen LogP contribution in [0.1, 0.15) is 16.1 Å². The van der Waals surface area contributed by atoms with E-state index >= 15 is 0 Å². The molecule has 0 saturated carbocycles. The molecule has 0 amide bonds. The van der Waals surface area contributed by atoms with E-state index in [1.807, 2.05) is 31.7 Å². The molecular weight excluding hydrogens is 308 g/mol. The maximum absolute atomic E-state index is 12.6. The number of allylic oxidation sites excluding steroid dienone is 1. The van der Waals surface area contributed by atoms with Crippen LogP contribution in [0, 0.1) is 11.3 Å². The van der Waals surface area contributed by atoms with Crippen molar-refractivity contribution in [2.75, 3.05) is 14.1 Å². The predicted molar refractivity (Wildman–Crippen MR) is 90.4 cm³/mol. The van der Waals surface area contributed by atoms with Crippen molar-refractivity contribution in [3.8, 4) is 17.3 Å². The summed E-state index contributed by atoms with van der Waals surface area (Å²) in [7, 11) is 3.72. The Bertz CT molecular complexity index is 943. The summed E-state index contributed by atoms with van der Waals surface area (Å²) in [5.41, 5.74) is 2.42. The first-order valence-electron chi connectivity index (χ1n) is 6.95. The summed E-state index contributed by atoms with van der Waals surface area (Å²) >= 11 is 1.47. The molecule has 114 valence electrons. The summed E-state index contributed by atoms with van der Waals surface area (Å²) in [6, 6.07) is 9.25. The van der Waals surface area contributed by atoms with Crippen molar-refractivity contribution >= 4 is 22.1 Å². The number of carbonyl (C=O) groups is 1. The van der Waals surface area contributed by atoms with E-state index < -0.39 is 0 Å². The monoisotopic (exact) mass is 322 g/mol. The highest BCUT2D eigenvalue weighted by atomic mass is 32.1. The van der Waals surface area contributed by atoms with Gasteiger partial charge >= 0.3 is 0 Å². The van der Waals surface area contributed by atoms with E-state index in [0.717, 1.165) is 10.5 Å². The lowest BCUT2D eigenvalue weighted by atomic mass is 10.1. The van der Waals surface area contributed by atoms with E-state index in [0.29, 0.717) is 17.0 Å². The average Bonchev–Trinajstić information content (AvgIpc) is 3.13. The molecule has 0 fully saturated rings. The molecule has 0 N–H and O–H groups in total. The summed E-state index contributed by atoms with van der Waals surface area (Å²) in [4.78, 5) is 19.8. The van der Waals surface area contributed by atoms with Gasteiger partial charge in [0.05, 0.1) is 11.6 Å². The van der Waals surface area contributed by atoms with Crippen molar-refractivity contribution in [3.63, 3.8) is 0 Å². The molecule has 0 aliphatic carbocycles. The predicted octanol–water partition coefficient (Wildman–Crippen LogP) is 3.19. The van der Waals surface area contributed by atoms with Gasteiger partial charge < -0.3 is 4.90 Å². The summed E-state index contributed by atoms with van der Waals surface area (Å²) in [6.07, 6.45) is 5.07. The second-order valence-electron chi connectivity index (χ2n) is 5.20. The fourth-order valence-corrected chi connectivity index (χ4v) is 2.97. The molecule has 3 aromatic rings. The molecule has 0 radical (unpaired) electrons. The molecule has 3 rings (SSSR count). The molecule has 0 aliphatic heterocycles. The van der Waals surface area contributed by atoms with E-state index in [4.69, 9.17) is 5.26 Å². The summed E-state index contributed by atoms with van der Waals surface area (Å²) < 4.78 is 1.79. The van der Waals surface area contributed by atoms with Crippen molar-refractivity contribution < 1.29 is 4.79 Å².